The average Bonchev–Trinajstić information content (AvgIpc) is 3.44. The minimum atomic E-state index is -0.366. The third-order valence-electron chi connectivity index (χ3n) is 4.96. The number of thioether (sulfide) groups is 1. The Balaban J connectivity index is 1.50. The molecule has 0 aromatic heterocycles. The predicted molar refractivity (Wildman–Crippen MR) is 114 cm³/mol. The van der Waals surface area contributed by atoms with Crippen molar-refractivity contribution in [2.45, 2.75) is 18.6 Å². The number of carbonyl (C=O) groups is 2. The molecule has 5 rings (SSSR count). The zero-order chi connectivity index (χ0) is 20.7. The van der Waals surface area contributed by atoms with Crippen LogP contribution in [-0.4, -0.2) is 35.7 Å². The Hall–Kier alpha value is -3.26. The van der Waals surface area contributed by atoms with Crippen LogP contribution in [0.1, 0.15) is 17.5 Å². The Morgan fingerprint density at radius 1 is 1.07 bits per heavy atom. The number of hydrogen-bond donors (Lipinski definition) is 0. The van der Waals surface area contributed by atoms with E-state index in [-0.39, 0.29) is 23.9 Å². The second kappa shape index (κ2) is 7.53. The van der Waals surface area contributed by atoms with Gasteiger partial charge in [-0.3, -0.25) is 14.5 Å². The van der Waals surface area contributed by atoms with Crippen LogP contribution in [0.5, 0.6) is 11.5 Å². The first-order chi connectivity index (χ1) is 14.6. The van der Waals surface area contributed by atoms with Crippen LogP contribution in [0.3, 0.4) is 0 Å². The quantitative estimate of drug-likeness (QED) is 0.556. The van der Waals surface area contributed by atoms with Gasteiger partial charge in [-0.25, -0.2) is 4.99 Å². The number of amidine groups is 1. The molecule has 2 aromatic rings. The van der Waals surface area contributed by atoms with Crippen LogP contribution in [0.4, 0.5) is 5.69 Å². The summed E-state index contributed by atoms with van der Waals surface area (Å²) in [5.74, 6) is 0.797. The highest BCUT2D eigenvalue weighted by molar-refractivity contribution is 8.15. The van der Waals surface area contributed by atoms with Crippen molar-refractivity contribution < 1.29 is 23.8 Å². The maximum Gasteiger partial charge on any atom is 0.319 e. The topological polar surface area (TPSA) is 77.4 Å². The maximum absolute atomic E-state index is 13.3. The van der Waals surface area contributed by atoms with E-state index in [9.17, 15) is 9.59 Å². The highest BCUT2D eigenvalue weighted by atomic mass is 32.2. The molecule has 0 bridgehead atoms. The molecule has 0 N–H and O–H groups in total. The van der Waals surface area contributed by atoms with Crippen LogP contribution >= 0.6 is 11.8 Å². The Morgan fingerprint density at radius 2 is 1.87 bits per heavy atom. The van der Waals surface area contributed by atoms with Crippen molar-refractivity contribution in [3.05, 3.63) is 59.3 Å². The zero-order valence-corrected chi connectivity index (χ0v) is 17.0. The molecule has 0 spiro atoms. The third kappa shape index (κ3) is 3.43. The second-order valence-electron chi connectivity index (χ2n) is 7.08. The number of aryl methyl sites for hydroxylation is 1. The lowest BCUT2D eigenvalue weighted by Gasteiger charge is -2.19. The third-order valence-corrected chi connectivity index (χ3v) is 6.15. The normalized spacial score (nSPS) is 21.4. The van der Waals surface area contributed by atoms with E-state index in [1.54, 1.807) is 17.0 Å². The van der Waals surface area contributed by atoms with Gasteiger partial charge in [-0.05, 0) is 42.8 Å². The van der Waals surface area contributed by atoms with Gasteiger partial charge >= 0.3 is 5.97 Å². The molecule has 1 amide bonds. The summed E-state index contributed by atoms with van der Waals surface area (Å²) in [4.78, 5) is 31.3. The summed E-state index contributed by atoms with van der Waals surface area (Å²) in [6.45, 7) is 2.56. The van der Waals surface area contributed by atoms with Crippen molar-refractivity contribution in [3.8, 4) is 11.5 Å². The minimum Gasteiger partial charge on any atom is -0.465 e. The van der Waals surface area contributed by atoms with Gasteiger partial charge in [-0.2, -0.15) is 0 Å². The number of esters is 1. The molecule has 1 unspecified atom stereocenters. The largest absolute Gasteiger partial charge is 0.465 e. The van der Waals surface area contributed by atoms with Gasteiger partial charge in [0.1, 0.15) is 10.9 Å². The summed E-state index contributed by atoms with van der Waals surface area (Å²) >= 11 is 1.26. The van der Waals surface area contributed by atoms with Gasteiger partial charge in [0, 0.05) is 6.42 Å². The van der Waals surface area contributed by atoms with Gasteiger partial charge < -0.3 is 14.2 Å². The molecule has 0 saturated carbocycles. The van der Waals surface area contributed by atoms with Crippen molar-refractivity contribution in [1.82, 2.24) is 0 Å². The van der Waals surface area contributed by atoms with E-state index in [0.717, 1.165) is 11.1 Å². The van der Waals surface area contributed by atoms with Gasteiger partial charge in [0.05, 0.1) is 12.3 Å². The SMILES string of the molecule is Cc1ccc(N2C(=O)/C(=C/c3ccc4c(c3)OCO4)N=C2SC2CCOC2=O)cc1. The number of anilines is 1. The van der Waals surface area contributed by atoms with E-state index in [4.69, 9.17) is 14.2 Å². The summed E-state index contributed by atoms with van der Waals surface area (Å²) in [6.07, 6.45) is 2.31. The number of fused-ring (bicyclic) bond motifs is 1. The fourth-order valence-electron chi connectivity index (χ4n) is 3.37. The number of carbonyl (C=O) groups excluding carboxylic acids is 2. The van der Waals surface area contributed by atoms with Gasteiger partial charge in [0.25, 0.3) is 5.91 Å². The lowest BCUT2D eigenvalue weighted by molar-refractivity contribution is -0.137. The van der Waals surface area contributed by atoms with Crippen molar-refractivity contribution >= 4 is 40.6 Å². The number of amides is 1. The van der Waals surface area contributed by atoms with Crippen LogP contribution < -0.4 is 14.4 Å². The molecule has 3 aliphatic rings. The van der Waals surface area contributed by atoms with Gasteiger partial charge in [0.2, 0.25) is 6.79 Å². The Kier molecular flexibility index (Phi) is 4.71. The lowest BCUT2D eigenvalue weighted by Crippen LogP contribution is -2.32. The fraction of sp³-hybridized carbons (Fsp3) is 0.227. The summed E-state index contributed by atoms with van der Waals surface area (Å²) in [6, 6.07) is 13.1. The summed E-state index contributed by atoms with van der Waals surface area (Å²) in [5.41, 5.74) is 2.87. The molecule has 1 atom stereocenters. The summed E-state index contributed by atoms with van der Waals surface area (Å²) in [7, 11) is 0. The first-order valence-electron chi connectivity index (χ1n) is 9.53. The van der Waals surface area contributed by atoms with Crippen molar-refractivity contribution in [2.75, 3.05) is 18.3 Å². The second-order valence-corrected chi connectivity index (χ2v) is 8.25. The molecule has 0 aliphatic carbocycles. The number of ether oxygens (including phenoxy) is 3. The number of hydrogen-bond acceptors (Lipinski definition) is 7. The lowest BCUT2D eigenvalue weighted by atomic mass is 10.1. The first-order valence-corrected chi connectivity index (χ1v) is 10.4. The molecule has 8 heteroatoms. The van der Waals surface area contributed by atoms with E-state index in [1.807, 2.05) is 43.3 Å². The number of aliphatic imine (C=N–C) groups is 1. The Bertz CT molecular complexity index is 1090. The van der Waals surface area contributed by atoms with Crippen molar-refractivity contribution in [2.24, 2.45) is 4.99 Å². The van der Waals surface area contributed by atoms with Crippen molar-refractivity contribution in [3.63, 3.8) is 0 Å². The average molecular weight is 422 g/mol. The van der Waals surface area contributed by atoms with Crippen LogP contribution in [0.25, 0.3) is 6.08 Å². The predicted octanol–water partition coefficient (Wildman–Crippen LogP) is 3.52. The van der Waals surface area contributed by atoms with Gasteiger partial charge in [0.15, 0.2) is 16.7 Å². The van der Waals surface area contributed by atoms with Gasteiger partial charge in [-0.15, -0.1) is 0 Å². The number of cyclic esters (lactones) is 1. The molecule has 7 nitrogen and oxygen atoms in total. The van der Waals surface area contributed by atoms with Gasteiger partial charge in [-0.1, -0.05) is 35.5 Å². The van der Waals surface area contributed by atoms with Crippen LogP contribution in [0.15, 0.2) is 53.2 Å². The molecule has 1 saturated heterocycles. The van der Waals surface area contributed by atoms with Crippen LogP contribution in [0, 0.1) is 6.92 Å². The summed E-state index contributed by atoms with van der Waals surface area (Å²) in [5, 5.41) is 0.106. The molecule has 30 heavy (non-hydrogen) atoms. The highest BCUT2D eigenvalue weighted by Gasteiger charge is 2.37. The fourth-order valence-corrected chi connectivity index (χ4v) is 4.45. The molecule has 0 radical (unpaired) electrons. The Morgan fingerprint density at radius 3 is 2.63 bits per heavy atom. The van der Waals surface area contributed by atoms with Crippen molar-refractivity contribution in [1.29, 1.82) is 0 Å². The number of benzene rings is 2. The smallest absolute Gasteiger partial charge is 0.319 e. The molecule has 2 aromatic carbocycles. The van der Waals surface area contributed by atoms with E-state index >= 15 is 0 Å². The highest BCUT2D eigenvalue weighted by Crippen LogP contribution is 2.36. The monoisotopic (exact) mass is 422 g/mol. The molecule has 1 fully saturated rings. The number of rotatable bonds is 3. The maximum atomic E-state index is 13.3. The molecular weight excluding hydrogens is 404 g/mol. The molecular formula is C22H18N2O5S. The standard InChI is InChI=1S/C22H18N2O5S/c1-13-2-5-15(6-3-13)24-20(25)16(23-22(24)30-19-8-9-27-21(19)26)10-14-4-7-17-18(11-14)29-12-28-17/h2-7,10-11,19H,8-9,12H2,1H3/b16-10-. The van der Waals surface area contributed by atoms with Crippen LogP contribution in [0.2, 0.25) is 0 Å². The molecule has 152 valence electrons. The van der Waals surface area contributed by atoms with E-state index < -0.39 is 0 Å². The number of nitrogens with zero attached hydrogens (tertiary/aromatic N) is 2. The minimum absolute atomic E-state index is 0.186. The molecule has 3 aliphatic heterocycles. The summed E-state index contributed by atoms with van der Waals surface area (Å²) < 4.78 is 15.8. The van der Waals surface area contributed by atoms with E-state index in [2.05, 4.69) is 4.99 Å². The zero-order valence-electron chi connectivity index (χ0n) is 16.2. The van der Waals surface area contributed by atoms with E-state index in [1.165, 1.54) is 11.8 Å². The Labute approximate surface area is 177 Å². The molecule has 3 heterocycles. The van der Waals surface area contributed by atoms with E-state index in [0.29, 0.717) is 41.1 Å². The first kappa shape index (κ1) is 18.7. The van der Waals surface area contributed by atoms with Crippen LogP contribution in [-0.2, 0) is 14.3 Å².